The lowest BCUT2D eigenvalue weighted by atomic mass is 10.1. The minimum absolute atomic E-state index is 1.22. The second kappa shape index (κ2) is 12.6. The molecule has 0 atom stereocenters. The molecule has 0 bridgehead atoms. The van der Waals surface area contributed by atoms with Crippen molar-refractivity contribution in [3.8, 4) is 0 Å². The number of rotatable bonds is 13. The lowest BCUT2D eigenvalue weighted by molar-refractivity contribution is 0.585. The summed E-state index contributed by atoms with van der Waals surface area (Å²) < 4.78 is 0. The zero-order valence-electron chi connectivity index (χ0n) is 15.2. The van der Waals surface area contributed by atoms with Gasteiger partial charge in [-0.1, -0.05) is 83.4 Å². The predicted octanol–water partition coefficient (Wildman–Crippen LogP) is 6.74. The summed E-state index contributed by atoms with van der Waals surface area (Å²) in [4.78, 5) is 2.63. The second-order valence-electron chi connectivity index (χ2n) is 6.60. The first-order chi connectivity index (χ1) is 10.8. The highest BCUT2D eigenvalue weighted by Gasteiger charge is 2.08. The van der Waals surface area contributed by atoms with Gasteiger partial charge in [-0.2, -0.15) is 0 Å². The third-order valence-electron chi connectivity index (χ3n) is 4.52. The third-order valence-corrected chi connectivity index (χ3v) is 4.52. The number of anilines is 1. The van der Waals surface area contributed by atoms with Gasteiger partial charge < -0.3 is 4.90 Å². The Kier molecular flexibility index (Phi) is 10.9. The van der Waals surface area contributed by atoms with E-state index in [1.54, 1.807) is 0 Å². The molecule has 0 aliphatic rings. The maximum Gasteiger partial charge on any atom is 0.0395 e. The first kappa shape index (κ1) is 19.1. The van der Waals surface area contributed by atoms with Crippen LogP contribution < -0.4 is 4.90 Å². The molecule has 0 heterocycles. The van der Waals surface area contributed by atoms with E-state index in [1.165, 1.54) is 88.5 Å². The molecule has 0 aromatic heterocycles. The molecule has 22 heavy (non-hydrogen) atoms. The fourth-order valence-electron chi connectivity index (χ4n) is 3.08. The molecule has 0 unspecified atom stereocenters. The van der Waals surface area contributed by atoms with Crippen molar-refractivity contribution in [2.75, 3.05) is 18.0 Å². The SMILES string of the molecule is CCCCCCCCN(CCCCCC)c1ccccc1C. The topological polar surface area (TPSA) is 3.24 Å². The van der Waals surface area contributed by atoms with Crippen LogP contribution in [0.2, 0.25) is 0 Å². The number of unbranched alkanes of at least 4 members (excludes halogenated alkanes) is 8. The second-order valence-corrected chi connectivity index (χ2v) is 6.60. The van der Waals surface area contributed by atoms with E-state index >= 15 is 0 Å². The summed E-state index contributed by atoms with van der Waals surface area (Å²) in [7, 11) is 0. The third kappa shape index (κ3) is 7.87. The minimum Gasteiger partial charge on any atom is -0.371 e. The smallest absolute Gasteiger partial charge is 0.0395 e. The van der Waals surface area contributed by atoms with E-state index in [0.717, 1.165) is 0 Å². The van der Waals surface area contributed by atoms with Gasteiger partial charge in [0, 0.05) is 18.8 Å². The Balaban J connectivity index is 2.42. The molecule has 1 nitrogen and oxygen atoms in total. The van der Waals surface area contributed by atoms with Gasteiger partial charge in [0.2, 0.25) is 0 Å². The Hall–Kier alpha value is -0.980. The molecule has 1 aromatic rings. The molecule has 0 saturated carbocycles. The molecule has 0 N–H and O–H groups in total. The van der Waals surface area contributed by atoms with Gasteiger partial charge in [0.25, 0.3) is 0 Å². The molecule has 0 fully saturated rings. The van der Waals surface area contributed by atoms with Gasteiger partial charge >= 0.3 is 0 Å². The number of aryl methyl sites for hydroxylation is 1. The molecular formula is C21H37N. The van der Waals surface area contributed by atoms with E-state index in [9.17, 15) is 0 Å². The summed E-state index contributed by atoms with van der Waals surface area (Å²) in [6, 6.07) is 8.88. The van der Waals surface area contributed by atoms with Gasteiger partial charge in [-0.15, -0.1) is 0 Å². The van der Waals surface area contributed by atoms with Crippen molar-refractivity contribution in [3.05, 3.63) is 29.8 Å². The average molecular weight is 304 g/mol. The van der Waals surface area contributed by atoms with Crippen LogP contribution in [0, 0.1) is 6.92 Å². The zero-order valence-corrected chi connectivity index (χ0v) is 15.2. The molecule has 0 saturated heterocycles. The van der Waals surface area contributed by atoms with Crippen molar-refractivity contribution < 1.29 is 0 Å². The van der Waals surface area contributed by atoms with Crippen LogP contribution in [-0.4, -0.2) is 13.1 Å². The Morgan fingerprint density at radius 3 is 1.77 bits per heavy atom. The first-order valence-electron chi connectivity index (χ1n) is 9.60. The van der Waals surface area contributed by atoms with Crippen molar-refractivity contribution in [2.24, 2.45) is 0 Å². The van der Waals surface area contributed by atoms with Crippen molar-refractivity contribution >= 4 is 5.69 Å². The number of nitrogens with zero attached hydrogens (tertiary/aromatic N) is 1. The normalized spacial score (nSPS) is 10.9. The van der Waals surface area contributed by atoms with Crippen molar-refractivity contribution in [2.45, 2.75) is 85.0 Å². The largest absolute Gasteiger partial charge is 0.371 e. The van der Waals surface area contributed by atoms with Crippen molar-refractivity contribution in [1.29, 1.82) is 0 Å². The Bertz CT molecular complexity index is 372. The highest BCUT2D eigenvalue weighted by atomic mass is 15.1. The van der Waals surface area contributed by atoms with Gasteiger partial charge in [-0.05, 0) is 31.4 Å². The van der Waals surface area contributed by atoms with Gasteiger partial charge in [0.15, 0.2) is 0 Å². The number of hydrogen-bond donors (Lipinski definition) is 0. The van der Waals surface area contributed by atoms with Gasteiger partial charge in [-0.25, -0.2) is 0 Å². The van der Waals surface area contributed by atoms with Crippen LogP contribution in [0.4, 0.5) is 5.69 Å². The Morgan fingerprint density at radius 1 is 0.682 bits per heavy atom. The molecule has 1 rings (SSSR count). The number of para-hydroxylation sites is 1. The number of benzene rings is 1. The van der Waals surface area contributed by atoms with E-state index in [-0.39, 0.29) is 0 Å². The van der Waals surface area contributed by atoms with E-state index in [1.807, 2.05) is 0 Å². The van der Waals surface area contributed by atoms with Gasteiger partial charge in [0.05, 0.1) is 0 Å². The lowest BCUT2D eigenvalue weighted by Crippen LogP contribution is -2.26. The summed E-state index contributed by atoms with van der Waals surface area (Å²) in [6.45, 7) is 9.27. The molecule has 0 amide bonds. The van der Waals surface area contributed by atoms with Crippen molar-refractivity contribution in [1.82, 2.24) is 0 Å². The van der Waals surface area contributed by atoms with Crippen molar-refractivity contribution in [3.63, 3.8) is 0 Å². The summed E-state index contributed by atoms with van der Waals surface area (Å²) >= 11 is 0. The van der Waals surface area contributed by atoms with Crippen LogP contribution in [0.1, 0.15) is 83.6 Å². The highest BCUT2D eigenvalue weighted by Crippen LogP contribution is 2.21. The van der Waals surface area contributed by atoms with E-state index < -0.39 is 0 Å². The monoisotopic (exact) mass is 303 g/mol. The maximum absolute atomic E-state index is 2.63. The molecule has 126 valence electrons. The molecule has 0 radical (unpaired) electrons. The summed E-state index contributed by atoms with van der Waals surface area (Å²) in [5, 5.41) is 0. The van der Waals surface area contributed by atoms with Gasteiger partial charge in [-0.3, -0.25) is 0 Å². The molecule has 1 aromatic carbocycles. The fourth-order valence-corrected chi connectivity index (χ4v) is 3.08. The van der Waals surface area contributed by atoms with Crippen LogP contribution in [0.25, 0.3) is 0 Å². The molecule has 0 aliphatic heterocycles. The van der Waals surface area contributed by atoms with E-state index in [4.69, 9.17) is 0 Å². The zero-order chi connectivity index (χ0) is 16.0. The first-order valence-corrected chi connectivity index (χ1v) is 9.60. The van der Waals surface area contributed by atoms with Crippen LogP contribution in [-0.2, 0) is 0 Å². The van der Waals surface area contributed by atoms with Crippen LogP contribution in [0.15, 0.2) is 24.3 Å². The molecule has 0 spiro atoms. The molecular weight excluding hydrogens is 266 g/mol. The lowest BCUT2D eigenvalue weighted by Gasteiger charge is -2.26. The standard InChI is InChI=1S/C21H37N/c1-4-6-8-10-11-15-19-22(18-14-9-7-5-2)21-17-13-12-16-20(21)3/h12-13,16-17H,4-11,14-15,18-19H2,1-3H3. The van der Waals surface area contributed by atoms with Crippen LogP contribution in [0.3, 0.4) is 0 Å². The Labute approximate surface area is 139 Å². The summed E-state index contributed by atoms with van der Waals surface area (Å²) in [6.07, 6.45) is 13.7. The highest BCUT2D eigenvalue weighted by molar-refractivity contribution is 5.52. The molecule has 0 aliphatic carbocycles. The quantitative estimate of drug-likeness (QED) is 0.365. The van der Waals surface area contributed by atoms with E-state index in [2.05, 4.69) is 49.9 Å². The van der Waals surface area contributed by atoms with Crippen LogP contribution >= 0.6 is 0 Å². The van der Waals surface area contributed by atoms with Gasteiger partial charge in [0.1, 0.15) is 0 Å². The van der Waals surface area contributed by atoms with Crippen LogP contribution in [0.5, 0.6) is 0 Å². The average Bonchev–Trinajstić information content (AvgIpc) is 2.53. The number of hydrogen-bond acceptors (Lipinski definition) is 1. The summed E-state index contributed by atoms with van der Waals surface area (Å²) in [5.74, 6) is 0. The minimum atomic E-state index is 1.22. The summed E-state index contributed by atoms with van der Waals surface area (Å²) in [5.41, 5.74) is 2.87. The fraction of sp³-hybridized carbons (Fsp3) is 0.714. The Morgan fingerprint density at radius 2 is 1.18 bits per heavy atom. The predicted molar refractivity (Wildman–Crippen MR) is 101 cm³/mol. The maximum atomic E-state index is 2.63. The van der Waals surface area contributed by atoms with E-state index in [0.29, 0.717) is 0 Å². The molecule has 1 heteroatoms.